The van der Waals surface area contributed by atoms with Gasteiger partial charge in [-0.2, -0.15) is 4.39 Å². The first-order chi connectivity index (χ1) is 5.75. The maximum absolute atomic E-state index is 12.8. The van der Waals surface area contributed by atoms with E-state index in [0.717, 1.165) is 0 Å². The van der Waals surface area contributed by atoms with Gasteiger partial charge in [-0.05, 0) is 18.7 Å². The van der Waals surface area contributed by atoms with Crippen molar-refractivity contribution in [2.24, 2.45) is 5.73 Å². The summed E-state index contributed by atoms with van der Waals surface area (Å²) in [6.07, 6.45) is 1.46. The van der Waals surface area contributed by atoms with Crippen LogP contribution in [0.15, 0.2) is 18.3 Å². The standard InChI is InChI=1S/C8H9FN2O/c9-8-6(2-1-5-11-8)7(12)3-4-10/h1-2,5H,3-4,10H2. The Balaban J connectivity index is 2.87. The van der Waals surface area contributed by atoms with Crippen LogP contribution in [0.2, 0.25) is 0 Å². The molecule has 0 aliphatic heterocycles. The molecule has 0 amide bonds. The highest BCUT2D eigenvalue weighted by Crippen LogP contribution is 2.05. The summed E-state index contributed by atoms with van der Waals surface area (Å²) in [5.41, 5.74) is 5.17. The Labute approximate surface area is 69.4 Å². The average molecular weight is 168 g/mol. The van der Waals surface area contributed by atoms with Gasteiger partial charge in [0.25, 0.3) is 0 Å². The monoisotopic (exact) mass is 168 g/mol. The summed E-state index contributed by atoms with van der Waals surface area (Å²) in [6, 6.07) is 2.92. The van der Waals surface area contributed by atoms with Crippen molar-refractivity contribution in [3.8, 4) is 0 Å². The number of hydrogen-bond donors (Lipinski definition) is 1. The Kier molecular flexibility index (Phi) is 2.88. The number of halogens is 1. The number of Topliss-reactive ketones (excluding diaryl/α,β-unsaturated/α-hetero) is 1. The van der Waals surface area contributed by atoms with Crippen LogP contribution in [0.1, 0.15) is 16.8 Å². The first-order valence-electron chi connectivity index (χ1n) is 3.59. The van der Waals surface area contributed by atoms with E-state index in [9.17, 15) is 9.18 Å². The summed E-state index contributed by atoms with van der Waals surface area (Å²) in [5, 5.41) is 0. The maximum atomic E-state index is 12.8. The number of nitrogens with zero attached hydrogens (tertiary/aromatic N) is 1. The summed E-state index contributed by atoms with van der Waals surface area (Å²) in [4.78, 5) is 14.5. The molecule has 1 aromatic rings. The second-order valence-electron chi connectivity index (χ2n) is 2.30. The lowest BCUT2D eigenvalue weighted by atomic mass is 10.1. The van der Waals surface area contributed by atoms with Gasteiger partial charge in [-0.25, -0.2) is 4.98 Å². The van der Waals surface area contributed by atoms with Crippen molar-refractivity contribution in [1.29, 1.82) is 0 Å². The Hall–Kier alpha value is -1.29. The van der Waals surface area contributed by atoms with Gasteiger partial charge in [-0.15, -0.1) is 0 Å². The second-order valence-corrected chi connectivity index (χ2v) is 2.30. The molecule has 0 unspecified atom stereocenters. The molecule has 0 aliphatic carbocycles. The highest BCUT2D eigenvalue weighted by Gasteiger charge is 2.09. The van der Waals surface area contributed by atoms with Crippen LogP contribution < -0.4 is 5.73 Å². The van der Waals surface area contributed by atoms with Gasteiger partial charge in [-0.1, -0.05) is 0 Å². The molecular weight excluding hydrogens is 159 g/mol. The number of carbonyl (C=O) groups is 1. The molecule has 0 radical (unpaired) electrons. The molecule has 1 rings (SSSR count). The van der Waals surface area contributed by atoms with Crippen molar-refractivity contribution in [2.75, 3.05) is 6.54 Å². The van der Waals surface area contributed by atoms with Crippen molar-refractivity contribution < 1.29 is 9.18 Å². The number of carbonyl (C=O) groups excluding carboxylic acids is 1. The van der Waals surface area contributed by atoms with E-state index in [4.69, 9.17) is 5.73 Å². The lowest BCUT2D eigenvalue weighted by Gasteiger charge is -1.98. The molecule has 0 aliphatic rings. The average Bonchev–Trinajstić information content (AvgIpc) is 2.05. The number of rotatable bonds is 3. The van der Waals surface area contributed by atoms with E-state index in [1.165, 1.54) is 18.3 Å². The van der Waals surface area contributed by atoms with Crippen LogP contribution in [-0.4, -0.2) is 17.3 Å². The Morgan fingerprint density at radius 2 is 2.42 bits per heavy atom. The van der Waals surface area contributed by atoms with Crippen molar-refractivity contribution >= 4 is 5.78 Å². The summed E-state index contributed by atoms with van der Waals surface area (Å²) in [7, 11) is 0. The van der Waals surface area contributed by atoms with Gasteiger partial charge in [-0.3, -0.25) is 4.79 Å². The lowest BCUT2D eigenvalue weighted by Crippen LogP contribution is -2.10. The highest BCUT2D eigenvalue weighted by atomic mass is 19.1. The number of hydrogen-bond acceptors (Lipinski definition) is 3. The fraction of sp³-hybridized carbons (Fsp3) is 0.250. The van der Waals surface area contributed by atoms with E-state index >= 15 is 0 Å². The smallest absolute Gasteiger partial charge is 0.223 e. The van der Waals surface area contributed by atoms with E-state index in [0.29, 0.717) is 0 Å². The lowest BCUT2D eigenvalue weighted by molar-refractivity contribution is 0.0980. The molecule has 4 heteroatoms. The molecule has 0 fully saturated rings. The third kappa shape index (κ3) is 1.85. The number of nitrogens with two attached hydrogens (primary N) is 1. The van der Waals surface area contributed by atoms with Crippen molar-refractivity contribution in [1.82, 2.24) is 4.98 Å². The third-order valence-corrected chi connectivity index (χ3v) is 1.43. The van der Waals surface area contributed by atoms with Crippen LogP contribution in [0.4, 0.5) is 4.39 Å². The summed E-state index contributed by atoms with van der Waals surface area (Å²) in [6.45, 7) is 0.229. The maximum Gasteiger partial charge on any atom is 0.223 e. The van der Waals surface area contributed by atoms with Gasteiger partial charge in [0.1, 0.15) is 0 Å². The van der Waals surface area contributed by atoms with Crippen molar-refractivity contribution in [2.45, 2.75) is 6.42 Å². The quantitative estimate of drug-likeness (QED) is 0.535. The normalized spacial score (nSPS) is 9.83. The van der Waals surface area contributed by atoms with Crippen LogP contribution >= 0.6 is 0 Å². The van der Waals surface area contributed by atoms with E-state index in [1.54, 1.807) is 0 Å². The predicted molar refractivity (Wildman–Crippen MR) is 42.2 cm³/mol. The Bertz CT molecular complexity index is 288. The Morgan fingerprint density at radius 1 is 1.67 bits per heavy atom. The van der Waals surface area contributed by atoms with Crippen molar-refractivity contribution in [3.05, 3.63) is 29.8 Å². The first kappa shape index (κ1) is 8.80. The molecule has 0 spiro atoms. The molecule has 64 valence electrons. The molecule has 1 heterocycles. The molecule has 2 N–H and O–H groups in total. The molecule has 3 nitrogen and oxygen atoms in total. The molecule has 1 aromatic heterocycles. The van der Waals surface area contributed by atoms with E-state index in [-0.39, 0.29) is 24.3 Å². The van der Waals surface area contributed by atoms with E-state index in [2.05, 4.69) is 4.98 Å². The molecule has 0 saturated carbocycles. The second kappa shape index (κ2) is 3.92. The molecule has 12 heavy (non-hydrogen) atoms. The summed E-state index contributed by atoms with van der Waals surface area (Å²) >= 11 is 0. The summed E-state index contributed by atoms with van der Waals surface area (Å²) in [5.74, 6) is -1.03. The number of aromatic nitrogens is 1. The van der Waals surface area contributed by atoms with Gasteiger partial charge in [0.05, 0.1) is 5.56 Å². The van der Waals surface area contributed by atoms with Crippen molar-refractivity contribution in [3.63, 3.8) is 0 Å². The van der Waals surface area contributed by atoms with Crippen LogP contribution in [0, 0.1) is 5.95 Å². The van der Waals surface area contributed by atoms with Gasteiger partial charge >= 0.3 is 0 Å². The molecular formula is C8H9FN2O. The molecule has 0 saturated heterocycles. The van der Waals surface area contributed by atoms with E-state index < -0.39 is 5.95 Å². The minimum absolute atomic E-state index is 0.0166. The van der Waals surface area contributed by atoms with Gasteiger partial charge < -0.3 is 5.73 Å². The molecule has 0 aromatic carbocycles. The highest BCUT2D eigenvalue weighted by molar-refractivity contribution is 5.96. The minimum atomic E-state index is -0.726. The third-order valence-electron chi connectivity index (χ3n) is 1.43. The van der Waals surface area contributed by atoms with Crippen LogP contribution in [-0.2, 0) is 0 Å². The predicted octanol–water partition coefficient (Wildman–Crippen LogP) is 0.752. The molecule has 0 atom stereocenters. The largest absolute Gasteiger partial charge is 0.330 e. The minimum Gasteiger partial charge on any atom is -0.330 e. The fourth-order valence-corrected chi connectivity index (χ4v) is 0.860. The van der Waals surface area contributed by atoms with E-state index in [1.807, 2.05) is 0 Å². The SMILES string of the molecule is NCCC(=O)c1cccnc1F. The van der Waals surface area contributed by atoms with Crippen LogP contribution in [0.5, 0.6) is 0 Å². The zero-order valence-corrected chi connectivity index (χ0v) is 6.46. The fourth-order valence-electron chi connectivity index (χ4n) is 0.860. The van der Waals surface area contributed by atoms with Crippen LogP contribution in [0.25, 0.3) is 0 Å². The Morgan fingerprint density at radius 3 is 3.00 bits per heavy atom. The topological polar surface area (TPSA) is 56.0 Å². The van der Waals surface area contributed by atoms with Gasteiger partial charge in [0.2, 0.25) is 5.95 Å². The molecule has 0 bridgehead atoms. The van der Waals surface area contributed by atoms with Gasteiger partial charge in [0.15, 0.2) is 5.78 Å². The van der Waals surface area contributed by atoms with Crippen LogP contribution in [0.3, 0.4) is 0 Å². The summed E-state index contributed by atoms with van der Waals surface area (Å²) < 4.78 is 12.8. The zero-order valence-electron chi connectivity index (χ0n) is 6.46. The first-order valence-corrected chi connectivity index (χ1v) is 3.59. The zero-order chi connectivity index (χ0) is 8.97. The van der Waals surface area contributed by atoms with Gasteiger partial charge in [0, 0.05) is 12.6 Å². The number of pyridine rings is 1. The number of ketones is 1.